The van der Waals surface area contributed by atoms with Crippen LogP contribution in [0.4, 0.5) is 0 Å². The standard InChI is InChI=1S/C16H21NO4/c1-11-4-3-5-12(2)17(11)15(19)10-21-16(20)13-6-8-14(18)9-7-13/h6-9,11-12,18H,3-5,10H2,1-2H3/t11-,12-/m0/s1. The van der Waals surface area contributed by atoms with Gasteiger partial charge in [-0.25, -0.2) is 4.79 Å². The molecule has 1 N–H and O–H groups in total. The highest BCUT2D eigenvalue weighted by molar-refractivity contribution is 5.91. The Morgan fingerprint density at radius 1 is 1.19 bits per heavy atom. The van der Waals surface area contributed by atoms with Crippen LogP contribution in [0.3, 0.4) is 0 Å². The number of benzene rings is 1. The van der Waals surface area contributed by atoms with Crippen molar-refractivity contribution in [1.29, 1.82) is 0 Å². The van der Waals surface area contributed by atoms with Crippen molar-refractivity contribution in [2.75, 3.05) is 6.61 Å². The minimum atomic E-state index is -0.555. The number of phenols is 1. The summed E-state index contributed by atoms with van der Waals surface area (Å²) in [5.74, 6) is -0.624. The van der Waals surface area contributed by atoms with E-state index in [0.29, 0.717) is 5.56 Å². The molecule has 0 saturated carbocycles. The first kappa shape index (κ1) is 15.4. The van der Waals surface area contributed by atoms with Gasteiger partial charge in [0.25, 0.3) is 5.91 Å². The Morgan fingerprint density at radius 2 is 1.76 bits per heavy atom. The fraction of sp³-hybridized carbons (Fsp3) is 0.500. The third-order valence-electron chi connectivity index (χ3n) is 3.91. The summed E-state index contributed by atoms with van der Waals surface area (Å²) in [6.07, 6.45) is 3.10. The second-order valence-corrected chi connectivity index (χ2v) is 5.55. The molecule has 21 heavy (non-hydrogen) atoms. The Morgan fingerprint density at radius 3 is 2.33 bits per heavy atom. The molecule has 1 fully saturated rings. The minimum absolute atomic E-state index is 0.0820. The Kier molecular flexibility index (Phi) is 4.83. The van der Waals surface area contributed by atoms with Crippen LogP contribution in [0.1, 0.15) is 43.5 Å². The SMILES string of the molecule is C[C@H]1CCC[C@H](C)N1C(=O)COC(=O)c1ccc(O)cc1. The molecule has 5 nitrogen and oxygen atoms in total. The van der Waals surface area contributed by atoms with Crippen LogP contribution in [-0.4, -0.2) is 40.6 Å². The summed E-state index contributed by atoms with van der Waals surface area (Å²) in [6.45, 7) is 3.80. The number of aromatic hydroxyl groups is 1. The zero-order valence-electron chi connectivity index (χ0n) is 12.4. The van der Waals surface area contributed by atoms with E-state index in [2.05, 4.69) is 0 Å². The third kappa shape index (κ3) is 3.74. The van der Waals surface area contributed by atoms with E-state index >= 15 is 0 Å². The number of rotatable bonds is 3. The zero-order chi connectivity index (χ0) is 15.4. The summed E-state index contributed by atoms with van der Waals surface area (Å²) in [5.41, 5.74) is 0.320. The molecule has 0 aliphatic carbocycles. The van der Waals surface area contributed by atoms with E-state index in [-0.39, 0.29) is 30.3 Å². The molecule has 0 spiro atoms. The number of nitrogens with zero attached hydrogens (tertiary/aromatic N) is 1. The lowest BCUT2D eigenvalue weighted by Gasteiger charge is -2.38. The highest BCUT2D eigenvalue weighted by Crippen LogP contribution is 2.22. The van der Waals surface area contributed by atoms with Gasteiger partial charge in [0.2, 0.25) is 0 Å². The van der Waals surface area contributed by atoms with Crippen LogP contribution in [-0.2, 0) is 9.53 Å². The van der Waals surface area contributed by atoms with Crippen molar-refractivity contribution in [2.24, 2.45) is 0 Å². The maximum atomic E-state index is 12.2. The monoisotopic (exact) mass is 291 g/mol. The van der Waals surface area contributed by atoms with Gasteiger partial charge in [-0.05, 0) is 57.4 Å². The quantitative estimate of drug-likeness (QED) is 0.868. The number of ether oxygens (including phenoxy) is 1. The van der Waals surface area contributed by atoms with E-state index in [0.717, 1.165) is 19.3 Å². The summed E-state index contributed by atoms with van der Waals surface area (Å²) in [4.78, 5) is 25.9. The van der Waals surface area contributed by atoms with Gasteiger partial charge in [0.05, 0.1) is 5.56 Å². The van der Waals surface area contributed by atoms with Crippen molar-refractivity contribution >= 4 is 11.9 Å². The lowest BCUT2D eigenvalue weighted by Crippen LogP contribution is -2.49. The van der Waals surface area contributed by atoms with Gasteiger partial charge in [-0.1, -0.05) is 0 Å². The Balaban J connectivity index is 1.91. The number of carbonyl (C=O) groups is 2. The van der Waals surface area contributed by atoms with Gasteiger partial charge in [0, 0.05) is 12.1 Å². The molecule has 0 bridgehead atoms. The molecule has 5 heteroatoms. The van der Waals surface area contributed by atoms with Crippen molar-refractivity contribution in [3.8, 4) is 5.75 Å². The van der Waals surface area contributed by atoms with Gasteiger partial charge in [-0.3, -0.25) is 4.79 Å². The number of carbonyl (C=O) groups excluding carboxylic acids is 2. The van der Waals surface area contributed by atoms with E-state index < -0.39 is 5.97 Å². The van der Waals surface area contributed by atoms with Gasteiger partial charge >= 0.3 is 5.97 Å². The van der Waals surface area contributed by atoms with Gasteiger partial charge in [-0.15, -0.1) is 0 Å². The van der Waals surface area contributed by atoms with Crippen LogP contribution in [0.5, 0.6) is 5.75 Å². The predicted molar refractivity (Wildman–Crippen MR) is 78.0 cm³/mol. The summed E-state index contributed by atoms with van der Waals surface area (Å²) >= 11 is 0. The Labute approximate surface area is 124 Å². The van der Waals surface area contributed by atoms with Crippen LogP contribution in [0.25, 0.3) is 0 Å². The fourth-order valence-corrected chi connectivity index (χ4v) is 2.80. The van der Waals surface area contributed by atoms with E-state index in [1.54, 1.807) is 0 Å². The molecule has 1 aromatic rings. The van der Waals surface area contributed by atoms with Gasteiger partial charge in [0.15, 0.2) is 6.61 Å². The molecule has 1 aliphatic heterocycles. The second kappa shape index (κ2) is 6.61. The number of amides is 1. The number of esters is 1. The minimum Gasteiger partial charge on any atom is -0.508 e. The molecule has 1 aromatic carbocycles. The fourth-order valence-electron chi connectivity index (χ4n) is 2.80. The second-order valence-electron chi connectivity index (χ2n) is 5.55. The molecule has 2 atom stereocenters. The number of phenolic OH excluding ortho intramolecular Hbond substituents is 1. The molecular weight excluding hydrogens is 270 g/mol. The van der Waals surface area contributed by atoms with E-state index in [1.165, 1.54) is 24.3 Å². The topological polar surface area (TPSA) is 66.8 Å². The highest BCUT2D eigenvalue weighted by atomic mass is 16.5. The van der Waals surface area contributed by atoms with Gasteiger partial charge in [-0.2, -0.15) is 0 Å². The van der Waals surface area contributed by atoms with Crippen LogP contribution in [0, 0.1) is 0 Å². The summed E-state index contributed by atoms with van der Waals surface area (Å²) in [6, 6.07) is 6.13. The molecule has 1 aliphatic rings. The average molecular weight is 291 g/mol. The Bertz CT molecular complexity index is 502. The van der Waals surface area contributed by atoms with E-state index in [4.69, 9.17) is 4.74 Å². The van der Waals surface area contributed by atoms with Crippen LogP contribution in [0.2, 0.25) is 0 Å². The number of hydrogen-bond acceptors (Lipinski definition) is 4. The normalized spacial score (nSPS) is 21.9. The molecule has 1 saturated heterocycles. The maximum absolute atomic E-state index is 12.2. The van der Waals surface area contributed by atoms with Crippen LogP contribution in [0.15, 0.2) is 24.3 Å². The molecule has 0 unspecified atom stereocenters. The average Bonchev–Trinajstić information content (AvgIpc) is 2.45. The maximum Gasteiger partial charge on any atom is 0.338 e. The van der Waals surface area contributed by atoms with Crippen molar-refractivity contribution < 1.29 is 19.4 Å². The van der Waals surface area contributed by atoms with E-state index in [9.17, 15) is 14.7 Å². The first-order valence-electron chi connectivity index (χ1n) is 7.26. The Hall–Kier alpha value is -2.04. The lowest BCUT2D eigenvalue weighted by molar-refractivity contribution is -0.140. The van der Waals surface area contributed by atoms with Crippen molar-refractivity contribution in [2.45, 2.75) is 45.2 Å². The van der Waals surface area contributed by atoms with Crippen molar-refractivity contribution in [3.63, 3.8) is 0 Å². The highest BCUT2D eigenvalue weighted by Gasteiger charge is 2.29. The van der Waals surface area contributed by atoms with Gasteiger partial charge in [0.1, 0.15) is 5.75 Å². The molecular formula is C16H21NO4. The molecule has 0 aromatic heterocycles. The molecule has 2 rings (SSSR count). The first-order chi connectivity index (χ1) is 9.99. The lowest BCUT2D eigenvalue weighted by atomic mass is 9.97. The smallest absolute Gasteiger partial charge is 0.338 e. The summed E-state index contributed by atoms with van der Waals surface area (Å²) < 4.78 is 5.07. The van der Waals surface area contributed by atoms with Crippen molar-refractivity contribution in [1.82, 2.24) is 4.90 Å². The van der Waals surface area contributed by atoms with E-state index in [1.807, 2.05) is 18.7 Å². The zero-order valence-corrected chi connectivity index (χ0v) is 12.4. The van der Waals surface area contributed by atoms with Crippen LogP contribution < -0.4 is 0 Å². The van der Waals surface area contributed by atoms with Gasteiger partial charge < -0.3 is 14.7 Å². The largest absolute Gasteiger partial charge is 0.508 e. The first-order valence-corrected chi connectivity index (χ1v) is 7.26. The van der Waals surface area contributed by atoms with Crippen molar-refractivity contribution in [3.05, 3.63) is 29.8 Å². The molecule has 1 heterocycles. The number of likely N-dealkylation sites (tertiary alicyclic amines) is 1. The summed E-state index contributed by atoms with van der Waals surface area (Å²) in [5, 5.41) is 9.17. The predicted octanol–water partition coefficient (Wildman–Crippen LogP) is 2.34. The summed E-state index contributed by atoms with van der Waals surface area (Å²) in [7, 11) is 0. The number of hydrogen-bond donors (Lipinski definition) is 1. The molecule has 0 radical (unpaired) electrons. The molecule has 114 valence electrons. The third-order valence-corrected chi connectivity index (χ3v) is 3.91. The number of piperidine rings is 1. The molecule has 1 amide bonds. The van der Waals surface area contributed by atoms with Crippen LogP contribution >= 0.6 is 0 Å².